The summed E-state index contributed by atoms with van der Waals surface area (Å²) in [5.74, 6) is -0.541. The van der Waals surface area contributed by atoms with E-state index in [9.17, 15) is 9.18 Å². The van der Waals surface area contributed by atoms with Gasteiger partial charge in [0.15, 0.2) is 0 Å². The van der Waals surface area contributed by atoms with E-state index < -0.39 is 0 Å². The van der Waals surface area contributed by atoms with E-state index in [1.807, 2.05) is 6.92 Å². The molecule has 1 rings (SSSR count). The van der Waals surface area contributed by atoms with E-state index in [2.05, 4.69) is 5.32 Å². The molecule has 0 aliphatic rings. The second-order valence-corrected chi connectivity index (χ2v) is 3.91. The zero-order valence-corrected chi connectivity index (χ0v) is 10.4. The topological polar surface area (TPSA) is 38.3 Å². The molecule has 0 heterocycles. The standard InChI is InChI=1S/C13H18FNO2/c1-4-17-13(16)10(3)15-9(2)11-5-7-12(14)8-6-11/h5-10,15H,4H2,1-3H3/t9-,10?/m0/s1. The summed E-state index contributed by atoms with van der Waals surface area (Å²) in [5, 5.41) is 3.10. The molecular formula is C13H18FNO2. The summed E-state index contributed by atoms with van der Waals surface area (Å²) in [6.45, 7) is 5.81. The van der Waals surface area contributed by atoms with Crippen molar-refractivity contribution in [1.82, 2.24) is 5.32 Å². The maximum absolute atomic E-state index is 12.7. The van der Waals surface area contributed by atoms with Gasteiger partial charge in [0, 0.05) is 6.04 Å². The fourth-order valence-electron chi connectivity index (χ4n) is 1.56. The first kappa shape index (κ1) is 13.6. The van der Waals surface area contributed by atoms with Crippen LogP contribution in [0.15, 0.2) is 24.3 Å². The lowest BCUT2D eigenvalue weighted by molar-refractivity contribution is -0.145. The van der Waals surface area contributed by atoms with Gasteiger partial charge in [-0.3, -0.25) is 10.1 Å². The van der Waals surface area contributed by atoms with Crippen molar-refractivity contribution in [2.24, 2.45) is 0 Å². The van der Waals surface area contributed by atoms with E-state index in [4.69, 9.17) is 4.74 Å². The van der Waals surface area contributed by atoms with Gasteiger partial charge >= 0.3 is 5.97 Å². The minimum absolute atomic E-state index is 0.0324. The molecule has 3 nitrogen and oxygen atoms in total. The van der Waals surface area contributed by atoms with Crippen molar-refractivity contribution in [2.75, 3.05) is 6.61 Å². The molecule has 0 saturated heterocycles. The van der Waals surface area contributed by atoms with Crippen LogP contribution in [0.2, 0.25) is 0 Å². The molecule has 0 bridgehead atoms. The van der Waals surface area contributed by atoms with E-state index in [-0.39, 0.29) is 23.9 Å². The van der Waals surface area contributed by atoms with Crippen molar-refractivity contribution in [1.29, 1.82) is 0 Å². The number of esters is 1. The van der Waals surface area contributed by atoms with Crippen LogP contribution < -0.4 is 5.32 Å². The largest absolute Gasteiger partial charge is 0.465 e. The van der Waals surface area contributed by atoms with Crippen molar-refractivity contribution < 1.29 is 13.9 Å². The number of ether oxygens (including phenoxy) is 1. The van der Waals surface area contributed by atoms with Crippen LogP contribution >= 0.6 is 0 Å². The number of rotatable bonds is 5. The third-order valence-electron chi connectivity index (χ3n) is 2.51. The highest BCUT2D eigenvalue weighted by atomic mass is 19.1. The van der Waals surface area contributed by atoms with E-state index in [1.165, 1.54) is 12.1 Å². The summed E-state index contributed by atoms with van der Waals surface area (Å²) in [6.07, 6.45) is 0. The Labute approximate surface area is 101 Å². The molecule has 94 valence electrons. The van der Waals surface area contributed by atoms with Gasteiger partial charge in [-0.2, -0.15) is 0 Å². The van der Waals surface area contributed by atoms with Crippen LogP contribution in [0.1, 0.15) is 32.4 Å². The van der Waals surface area contributed by atoms with E-state index in [1.54, 1.807) is 26.0 Å². The number of nitrogens with one attached hydrogen (secondary N) is 1. The molecule has 1 unspecified atom stereocenters. The van der Waals surface area contributed by atoms with Crippen LogP contribution in [0.25, 0.3) is 0 Å². The zero-order chi connectivity index (χ0) is 12.8. The summed E-state index contributed by atoms with van der Waals surface area (Å²) in [6, 6.07) is 5.80. The van der Waals surface area contributed by atoms with Crippen LogP contribution in [0.4, 0.5) is 4.39 Å². The highest BCUT2D eigenvalue weighted by Crippen LogP contribution is 2.13. The van der Waals surface area contributed by atoms with Gasteiger partial charge in [-0.1, -0.05) is 12.1 Å². The van der Waals surface area contributed by atoms with Crippen LogP contribution in [0.3, 0.4) is 0 Å². The molecule has 1 aromatic rings. The zero-order valence-electron chi connectivity index (χ0n) is 10.4. The quantitative estimate of drug-likeness (QED) is 0.802. The number of hydrogen-bond donors (Lipinski definition) is 1. The maximum Gasteiger partial charge on any atom is 0.322 e. The summed E-state index contributed by atoms with van der Waals surface area (Å²) in [4.78, 5) is 11.4. The lowest BCUT2D eigenvalue weighted by atomic mass is 10.1. The minimum Gasteiger partial charge on any atom is -0.465 e. The normalized spacial score (nSPS) is 14.1. The van der Waals surface area contributed by atoms with Crippen molar-refractivity contribution in [2.45, 2.75) is 32.9 Å². The molecule has 17 heavy (non-hydrogen) atoms. The molecule has 0 aromatic heterocycles. The number of carbonyl (C=O) groups excluding carboxylic acids is 1. The smallest absolute Gasteiger partial charge is 0.322 e. The van der Waals surface area contributed by atoms with Crippen molar-refractivity contribution in [3.63, 3.8) is 0 Å². The number of halogens is 1. The van der Waals surface area contributed by atoms with Gasteiger partial charge in [0.25, 0.3) is 0 Å². The number of hydrogen-bond acceptors (Lipinski definition) is 3. The Morgan fingerprint density at radius 3 is 2.47 bits per heavy atom. The second kappa shape index (κ2) is 6.35. The van der Waals surface area contributed by atoms with E-state index >= 15 is 0 Å². The number of benzene rings is 1. The van der Waals surface area contributed by atoms with Gasteiger partial charge in [-0.05, 0) is 38.5 Å². The van der Waals surface area contributed by atoms with Gasteiger partial charge in [0.1, 0.15) is 11.9 Å². The lowest BCUT2D eigenvalue weighted by Crippen LogP contribution is -2.37. The molecule has 0 fully saturated rings. The first-order valence-electron chi connectivity index (χ1n) is 5.72. The summed E-state index contributed by atoms with van der Waals surface area (Å²) in [5.41, 5.74) is 0.933. The van der Waals surface area contributed by atoms with E-state index in [0.29, 0.717) is 6.61 Å². The van der Waals surface area contributed by atoms with Gasteiger partial charge in [-0.25, -0.2) is 4.39 Å². The Bertz CT molecular complexity index is 364. The van der Waals surface area contributed by atoms with Crippen molar-refractivity contribution >= 4 is 5.97 Å². The molecule has 1 N–H and O–H groups in total. The van der Waals surface area contributed by atoms with Gasteiger partial charge in [0.2, 0.25) is 0 Å². The molecule has 2 atom stereocenters. The average molecular weight is 239 g/mol. The van der Waals surface area contributed by atoms with Crippen LogP contribution in [-0.2, 0) is 9.53 Å². The van der Waals surface area contributed by atoms with Crippen molar-refractivity contribution in [3.8, 4) is 0 Å². The molecule has 1 aromatic carbocycles. The molecule has 0 aliphatic carbocycles. The third-order valence-corrected chi connectivity index (χ3v) is 2.51. The Morgan fingerprint density at radius 2 is 1.94 bits per heavy atom. The predicted molar refractivity (Wildman–Crippen MR) is 64.0 cm³/mol. The summed E-state index contributed by atoms with van der Waals surface area (Å²) < 4.78 is 17.6. The molecule has 0 spiro atoms. The first-order valence-corrected chi connectivity index (χ1v) is 5.72. The molecule has 0 amide bonds. The van der Waals surface area contributed by atoms with Gasteiger partial charge in [-0.15, -0.1) is 0 Å². The Morgan fingerprint density at radius 1 is 1.35 bits per heavy atom. The average Bonchev–Trinajstić information content (AvgIpc) is 2.30. The Hall–Kier alpha value is -1.42. The highest BCUT2D eigenvalue weighted by Gasteiger charge is 2.16. The molecule has 0 radical (unpaired) electrons. The predicted octanol–water partition coefficient (Wildman–Crippen LogP) is 2.43. The fraction of sp³-hybridized carbons (Fsp3) is 0.462. The van der Waals surface area contributed by atoms with Crippen LogP contribution in [0.5, 0.6) is 0 Å². The lowest BCUT2D eigenvalue weighted by Gasteiger charge is -2.19. The summed E-state index contributed by atoms with van der Waals surface area (Å²) in [7, 11) is 0. The van der Waals surface area contributed by atoms with Gasteiger partial charge < -0.3 is 4.74 Å². The third kappa shape index (κ3) is 4.15. The second-order valence-electron chi connectivity index (χ2n) is 3.91. The minimum atomic E-state index is -0.380. The summed E-state index contributed by atoms with van der Waals surface area (Å²) >= 11 is 0. The Kier molecular flexibility index (Phi) is 5.10. The van der Waals surface area contributed by atoms with Crippen molar-refractivity contribution in [3.05, 3.63) is 35.6 Å². The SMILES string of the molecule is CCOC(=O)C(C)N[C@@H](C)c1ccc(F)cc1. The molecule has 4 heteroatoms. The maximum atomic E-state index is 12.7. The fourth-order valence-corrected chi connectivity index (χ4v) is 1.56. The monoisotopic (exact) mass is 239 g/mol. The molecular weight excluding hydrogens is 221 g/mol. The van der Waals surface area contributed by atoms with Crippen LogP contribution in [0, 0.1) is 5.82 Å². The molecule has 0 saturated carbocycles. The van der Waals surface area contributed by atoms with E-state index in [0.717, 1.165) is 5.56 Å². The Balaban J connectivity index is 2.56. The number of carbonyl (C=O) groups is 1. The van der Waals surface area contributed by atoms with Gasteiger partial charge in [0.05, 0.1) is 6.61 Å². The highest BCUT2D eigenvalue weighted by molar-refractivity contribution is 5.75. The first-order chi connectivity index (χ1) is 8.04. The molecule has 0 aliphatic heterocycles. The van der Waals surface area contributed by atoms with Crippen LogP contribution in [-0.4, -0.2) is 18.6 Å².